The first-order valence-electron chi connectivity index (χ1n) is 9.11. The lowest BCUT2D eigenvalue weighted by Crippen LogP contribution is -2.31. The Morgan fingerprint density at radius 1 is 0.885 bits per heavy atom. The molecule has 4 heteroatoms. The van der Waals surface area contributed by atoms with Gasteiger partial charge in [0.25, 0.3) is 0 Å². The largest absolute Gasteiger partial charge is 0.352 e. The molecule has 1 aromatic heterocycles. The molecule has 0 amide bonds. The molecule has 2 aromatic carbocycles. The Morgan fingerprint density at radius 3 is 2.38 bits per heavy atom. The van der Waals surface area contributed by atoms with Gasteiger partial charge in [-0.3, -0.25) is 0 Å². The average molecular weight is 344 g/mol. The number of benzene rings is 2. The van der Waals surface area contributed by atoms with Crippen LogP contribution in [-0.2, 0) is 13.0 Å². The van der Waals surface area contributed by atoms with Crippen LogP contribution in [0.2, 0.25) is 0 Å². The lowest BCUT2D eigenvalue weighted by Gasteiger charge is -2.30. The standard InChI is InChI=1S/C22H24N4/c1-15-7-6-8-16(2)22(15)25-20-13-21(24-17(3)23-20)26-12-11-18-9-4-5-10-19(18)14-26/h4-10,13H,11-12,14H2,1-3H3,(H,23,24,25). The summed E-state index contributed by atoms with van der Waals surface area (Å²) in [7, 11) is 0. The fourth-order valence-electron chi connectivity index (χ4n) is 3.61. The van der Waals surface area contributed by atoms with Crippen molar-refractivity contribution >= 4 is 17.3 Å². The van der Waals surface area contributed by atoms with Gasteiger partial charge in [-0.05, 0) is 49.4 Å². The van der Waals surface area contributed by atoms with E-state index < -0.39 is 0 Å². The van der Waals surface area contributed by atoms with Gasteiger partial charge in [0.15, 0.2) is 0 Å². The Balaban J connectivity index is 1.63. The topological polar surface area (TPSA) is 41.1 Å². The predicted molar refractivity (Wildman–Crippen MR) is 107 cm³/mol. The van der Waals surface area contributed by atoms with E-state index in [0.29, 0.717) is 0 Å². The first-order valence-corrected chi connectivity index (χ1v) is 9.11. The van der Waals surface area contributed by atoms with Crippen LogP contribution in [0.3, 0.4) is 0 Å². The molecule has 3 aromatic rings. The molecule has 132 valence electrons. The Hall–Kier alpha value is -2.88. The zero-order valence-corrected chi connectivity index (χ0v) is 15.6. The molecule has 0 bridgehead atoms. The number of rotatable bonds is 3. The number of hydrogen-bond acceptors (Lipinski definition) is 4. The number of aryl methyl sites for hydroxylation is 3. The molecular weight excluding hydrogens is 320 g/mol. The molecule has 0 fully saturated rings. The van der Waals surface area contributed by atoms with Crippen LogP contribution in [0, 0.1) is 20.8 Å². The van der Waals surface area contributed by atoms with Gasteiger partial charge in [-0.2, -0.15) is 0 Å². The second kappa shape index (κ2) is 6.79. The van der Waals surface area contributed by atoms with Gasteiger partial charge in [-0.25, -0.2) is 9.97 Å². The Bertz CT molecular complexity index is 928. The zero-order chi connectivity index (χ0) is 18.1. The maximum absolute atomic E-state index is 4.69. The molecule has 0 spiro atoms. The van der Waals surface area contributed by atoms with Gasteiger partial charge < -0.3 is 10.2 Å². The van der Waals surface area contributed by atoms with E-state index in [4.69, 9.17) is 4.98 Å². The molecule has 4 nitrogen and oxygen atoms in total. The van der Waals surface area contributed by atoms with Crippen molar-refractivity contribution in [1.82, 2.24) is 9.97 Å². The van der Waals surface area contributed by atoms with E-state index >= 15 is 0 Å². The number of fused-ring (bicyclic) bond motifs is 1. The average Bonchev–Trinajstić information content (AvgIpc) is 2.64. The first kappa shape index (κ1) is 16.6. The van der Waals surface area contributed by atoms with Gasteiger partial charge >= 0.3 is 0 Å². The van der Waals surface area contributed by atoms with E-state index in [-0.39, 0.29) is 0 Å². The van der Waals surface area contributed by atoms with Gasteiger partial charge in [-0.15, -0.1) is 0 Å². The molecule has 0 saturated carbocycles. The van der Waals surface area contributed by atoms with E-state index in [1.54, 1.807) is 0 Å². The number of anilines is 3. The predicted octanol–water partition coefficient (Wildman–Crippen LogP) is 4.71. The van der Waals surface area contributed by atoms with E-state index in [9.17, 15) is 0 Å². The normalized spacial score (nSPS) is 13.4. The van der Waals surface area contributed by atoms with E-state index in [1.165, 1.54) is 22.3 Å². The number of nitrogens with zero attached hydrogens (tertiary/aromatic N) is 3. The van der Waals surface area contributed by atoms with Crippen molar-refractivity contribution in [3.8, 4) is 0 Å². The van der Waals surface area contributed by atoms with Crippen LogP contribution in [0.25, 0.3) is 0 Å². The van der Waals surface area contributed by atoms with Crippen LogP contribution in [0.1, 0.15) is 28.1 Å². The van der Waals surface area contributed by atoms with Crippen LogP contribution in [0.5, 0.6) is 0 Å². The summed E-state index contributed by atoms with van der Waals surface area (Å²) in [6, 6.07) is 17.1. The van der Waals surface area contributed by atoms with E-state index in [0.717, 1.165) is 42.7 Å². The maximum Gasteiger partial charge on any atom is 0.136 e. The lowest BCUT2D eigenvalue weighted by atomic mass is 10.00. The van der Waals surface area contributed by atoms with Crippen molar-refractivity contribution in [2.45, 2.75) is 33.7 Å². The lowest BCUT2D eigenvalue weighted by molar-refractivity contribution is 0.717. The summed E-state index contributed by atoms with van der Waals surface area (Å²) in [6.07, 6.45) is 1.05. The molecule has 0 aliphatic carbocycles. The molecule has 26 heavy (non-hydrogen) atoms. The van der Waals surface area contributed by atoms with E-state index in [1.807, 2.05) is 6.92 Å². The van der Waals surface area contributed by atoms with Gasteiger partial charge in [0.2, 0.25) is 0 Å². The van der Waals surface area contributed by atoms with Gasteiger partial charge in [-0.1, -0.05) is 42.5 Å². The third-order valence-electron chi connectivity index (χ3n) is 5.01. The van der Waals surface area contributed by atoms with Crippen molar-refractivity contribution in [3.05, 3.63) is 76.6 Å². The molecule has 4 rings (SSSR count). The van der Waals surface area contributed by atoms with Crippen molar-refractivity contribution in [3.63, 3.8) is 0 Å². The van der Waals surface area contributed by atoms with E-state index in [2.05, 4.69) is 77.6 Å². The van der Waals surface area contributed by atoms with Crippen LogP contribution >= 0.6 is 0 Å². The molecule has 0 atom stereocenters. The maximum atomic E-state index is 4.69. The number of hydrogen-bond donors (Lipinski definition) is 1. The van der Waals surface area contributed by atoms with Crippen LogP contribution in [0.4, 0.5) is 17.3 Å². The Kier molecular flexibility index (Phi) is 4.33. The molecule has 2 heterocycles. The molecule has 0 unspecified atom stereocenters. The fourth-order valence-corrected chi connectivity index (χ4v) is 3.61. The summed E-state index contributed by atoms with van der Waals surface area (Å²) < 4.78 is 0. The zero-order valence-electron chi connectivity index (χ0n) is 15.6. The first-order chi connectivity index (χ1) is 12.6. The minimum Gasteiger partial charge on any atom is -0.352 e. The minimum absolute atomic E-state index is 0.787. The Morgan fingerprint density at radius 2 is 1.62 bits per heavy atom. The summed E-state index contributed by atoms with van der Waals surface area (Å²) in [5.41, 5.74) is 6.40. The molecule has 1 aliphatic heterocycles. The molecular formula is C22H24N4. The highest BCUT2D eigenvalue weighted by molar-refractivity contribution is 5.66. The minimum atomic E-state index is 0.787. The highest BCUT2D eigenvalue weighted by Gasteiger charge is 2.18. The second-order valence-corrected chi connectivity index (χ2v) is 6.99. The van der Waals surface area contributed by atoms with Crippen molar-refractivity contribution in [1.29, 1.82) is 0 Å². The number of aromatic nitrogens is 2. The fraction of sp³-hybridized carbons (Fsp3) is 0.273. The van der Waals surface area contributed by atoms with Gasteiger partial charge in [0, 0.05) is 24.8 Å². The summed E-state index contributed by atoms with van der Waals surface area (Å²) >= 11 is 0. The summed E-state index contributed by atoms with van der Waals surface area (Å²) in [5, 5.41) is 3.50. The van der Waals surface area contributed by atoms with Crippen LogP contribution < -0.4 is 10.2 Å². The second-order valence-electron chi connectivity index (χ2n) is 6.99. The van der Waals surface area contributed by atoms with Crippen molar-refractivity contribution in [2.24, 2.45) is 0 Å². The van der Waals surface area contributed by atoms with Crippen LogP contribution in [-0.4, -0.2) is 16.5 Å². The molecule has 0 saturated heterocycles. The molecule has 1 aliphatic rings. The molecule has 1 N–H and O–H groups in total. The van der Waals surface area contributed by atoms with Crippen molar-refractivity contribution < 1.29 is 0 Å². The third kappa shape index (κ3) is 3.27. The van der Waals surface area contributed by atoms with Crippen molar-refractivity contribution in [2.75, 3.05) is 16.8 Å². The summed E-state index contributed by atoms with van der Waals surface area (Å²) in [4.78, 5) is 11.6. The van der Waals surface area contributed by atoms with Crippen LogP contribution in [0.15, 0.2) is 48.5 Å². The van der Waals surface area contributed by atoms with Gasteiger partial charge in [0.05, 0.1) is 0 Å². The summed E-state index contributed by atoms with van der Waals surface area (Å²) in [5.74, 6) is 2.62. The van der Waals surface area contributed by atoms with Gasteiger partial charge in [0.1, 0.15) is 17.5 Å². The molecule has 0 radical (unpaired) electrons. The highest BCUT2D eigenvalue weighted by Crippen LogP contribution is 2.27. The highest BCUT2D eigenvalue weighted by atomic mass is 15.2. The Labute approximate surface area is 154 Å². The summed E-state index contributed by atoms with van der Waals surface area (Å²) in [6.45, 7) is 8.07. The number of nitrogens with one attached hydrogen (secondary N) is 1. The smallest absolute Gasteiger partial charge is 0.136 e. The monoisotopic (exact) mass is 344 g/mol. The SMILES string of the molecule is Cc1nc(Nc2c(C)cccc2C)cc(N2CCc3ccccc3C2)n1. The number of para-hydroxylation sites is 1. The third-order valence-corrected chi connectivity index (χ3v) is 5.01. The quantitative estimate of drug-likeness (QED) is 0.747.